The Morgan fingerprint density at radius 3 is 2.34 bits per heavy atom. The highest BCUT2D eigenvalue weighted by Crippen LogP contribution is 2.33. The Labute approximate surface area is 214 Å². The van der Waals surface area contributed by atoms with E-state index >= 15 is 0 Å². The molecule has 6 heterocycles. The Morgan fingerprint density at radius 2 is 1.79 bits per heavy atom. The number of hydrogen-bond acceptors (Lipinski definition) is 7. The summed E-state index contributed by atoms with van der Waals surface area (Å²) in [5, 5.41) is 29.1. The minimum Gasteiger partial charge on any atom is -0.475 e. The number of aliphatic carboxylic acids is 1. The van der Waals surface area contributed by atoms with Crippen LogP contribution in [-0.2, 0) is 11.8 Å². The molecule has 2 unspecified atom stereocenters. The van der Waals surface area contributed by atoms with E-state index in [2.05, 4.69) is 44.7 Å². The van der Waals surface area contributed by atoms with Gasteiger partial charge in [-0.15, -0.1) is 0 Å². The third kappa shape index (κ3) is 5.03. The molecule has 13 heteroatoms. The van der Waals surface area contributed by atoms with Crippen LogP contribution in [0, 0.1) is 11.3 Å². The van der Waals surface area contributed by atoms with Gasteiger partial charge in [-0.05, 0) is 31.0 Å². The van der Waals surface area contributed by atoms with Crippen LogP contribution < -0.4 is 10.2 Å². The molecule has 38 heavy (non-hydrogen) atoms. The number of hydrogen-bond donors (Lipinski definition) is 2. The van der Waals surface area contributed by atoms with Crippen LogP contribution in [0.25, 0.3) is 27.8 Å². The fourth-order valence-electron chi connectivity index (χ4n) is 4.87. The number of anilines is 1. The van der Waals surface area contributed by atoms with Crippen LogP contribution in [0.2, 0.25) is 0 Å². The van der Waals surface area contributed by atoms with Gasteiger partial charge in [-0.1, -0.05) is 0 Å². The van der Waals surface area contributed by atoms with Gasteiger partial charge >= 0.3 is 12.1 Å². The van der Waals surface area contributed by atoms with E-state index in [-0.39, 0.29) is 0 Å². The zero-order valence-corrected chi connectivity index (χ0v) is 20.2. The maximum Gasteiger partial charge on any atom is 0.490 e. The molecule has 10 nitrogen and oxygen atoms in total. The van der Waals surface area contributed by atoms with Crippen LogP contribution in [0.4, 0.5) is 19.0 Å². The Hall–Kier alpha value is -4.44. The molecule has 4 aromatic heterocycles. The molecule has 0 spiro atoms. The molecule has 196 valence electrons. The number of fused-ring (bicyclic) bond motifs is 3. The lowest BCUT2D eigenvalue weighted by atomic mass is 10.0. The number of alkyl halides is 3. The molecule has 2 aliphatic heterocycles. The minimum atomic E-state index is -5.08. The van der Waals surface area contributed by atoms with Gasteiger partial charge in [0.1, 0.15) is 11.9 Å². The predicted octanol–water partition coefficient (Wildman–Crippen LogP) is 3.24. The van der Waals surface area contributed by atoms with Crippen LogP contribution in [0.15, 0.2) is 49.2 Å². The summed E-state index contributed by atoms with van der Waals surface area (Å²) in [4.78, 5) is 16.1. The van der Waals surface area contributed by atoms with Crippen molar-refractivity contribution in [2.75, 3.05) is 18.0 Å². The molecule has 0 saturated carbocycles. The van der Waals surface area contributed by atoms with Gasteiger partial charge < -0.3 is 15.3 Å². The first-order valence-corrected chi connectivity index (χ1v) is 11.8. The first-order valence-electron chi connectivity index (χ1n) is 11.8. The van der Waals surface area contributed by atoms with Crippen molar-refractivity contribution in [2.24, 2.45) is 7.05 Å². The summed E-state index contributed by atoms with van der Waals surface area (Å²) < 4.78 is 35.3. The maximum absolute atomic E-state index is 10.6. The van der Waals surface area contributed by atoms with Gasteiger partial charge in [0, 0.05) is 73.1 Å². The third-order valence-corrected chi connectivity index (χ3v) is 6.61. The average molecular weight is 525 g/mol. The predicted molar refractivity (Wildman–Crippen MR) is 131 cm³/mol. The van der Waals surface area contributed by atoms with E-state index in [0.29, 0.717) is 17.6 Å². The van der Waals surface area contributed by atoms with Crippen LogP contribution >= 0.6 is 0 Å². The van der Waals surface area contributed by atoms with Crippen LogP contribution in [-0.4, -0.2) is 66.8 Å². The molecule has 4 aromatic rings. The summed E-state index contributed by atoms with van der Waals surface area (Å²) >= 11 is 0. The number of carbonyl (C=O) groups is 1. The highest BCUT2D eigenvalue weighted by atomic mass is 19.4. The molecule has 2 saturated heterocycles. The standard InChI is InChI=1S/C23H22N8.C2HF3O2/c1-29-11-18(10-26-29)16-6-21(23-17(7-24)9-27-31(23)12-16)15-2-5-22(25-8-15)30-13-19-3-4-20(14-30)28-19;3-2(4,5)1(6)7/h2,5-6,8-12,19-20,28H,3-4,13-14H2,1H3;(H,6,7). The van der Waals surface area contributed by atoms with Gasteiger partial charge in [-0.2, -0.15) is 28.6 Å². The van der Waals surface area contributed by atoms with Gasteiger partial charge in [0.2, 0.25) is 0 Å². The first kappa shape index (κ1) is 25.2. The summed E-state index contributed by atoms with van der Waals surface area (Å²) in [5.74, 6) is -1.75. The summed E-state index contributed by atoms with van der Waals surface area (Å²) in [6.45, 7) is 2.01. The van der Waals surface area contributed by atoms with Crippen molar-refractivity contribution in [3.63, 3.8) is 0 Å². The number of aromatic nitrogens is 5. The van der Waals surface area contributed by atoms with Crippen LogP contribution in [0.3, 0.4) is 0 Å². The van der Waals surface area contributed by atoms with E-state index < -0.39 is 12.1 Å². The van der Waals surface area contributed by atoms with Gasteiger partial charge in [0.05, 0.1) is 23.5 Å². The number of carboxylic acid groups (broad SMARTS) is 1. The van der Waals surface area contributed by atoms with Crippen molar-refractivity contribution in [3.05, 3.63) is 54.7 Å². The lowest BCUT2D eigenvalue weighted by Crippen LogP contribution is -2.51. The monoisotopic (exact) mass is 524 g/mol. The Morgan fingerprint density at radius 1 is 1.08 bits per heavy atom. The molecule has 0 radical (unpaired) electrons. The Balaban J connectivity index is 0.000000374. The number of rotatable bonds is 3. The molecule has 0 aromatic carbocycles. The summed E-state index contributed by atoms with van der Waals surface area (Å²) in [6, 6.07) is 9.70. The molecule has 0 aliphatic carbocycles. The molecule has 0 amide bonds. The second-order valence-corrected chi connectivity index (χ2v) is 9.26. The zero-order chi connectivity index (χ0) is 27.0. The number of piperazine rings is 1. The number of aryl methyl sites for hydroxylation is 1. The van der Waals surface area contributed by atoms with Crippen molar-refractivity contribution in [2.45, 2.75) is 31.1 Å². The summed E-state index contributed by atoms with van der Waals surface area (Å²) in [6.07, 6.45) is 6.68. The van der Waals surface area contributed by atoms with Gasteiger partial charge in [-0.3, -0.25) is 4.68 Å². The normalized spacial score (nSPS) is 18.7. The Bertz CT molecular complexity index is 1510. The quantitative estimate of drug-likeness (QED) is 0.419. The van der Waals surface area contributed by atoms with Crippen molar-refractivity contribution < 1.29 is 23.1 Å². The van der Waals surface area contributed by atoms with Gasteiger partial charge in [-0.25, -0.2) is 14.3 Å². The van der Waals surface area contributed by atoms with Gasteiger partial charge in [0.15, 0.2) is 0 Å². The lowest BCUT2D eigenvalue weighted by Gasteiger charge is -2.33. The van der Waals surface area contributed by atoms with E-state index in [0.717, 1.165) is 46.7 Å². The van der Waals surface area contributed by atoms with E-state index in [1.54, 1.807) is 15.4 Å². The second kappa shape index (κ2) is 9.79. The van der Waals surface area contributed by atoms with E-state index in [9.17, 15) is 18.4 Å². The first-order chi connectivity index (χ1) is 18.1. The molecular formula is C25H23F3N8O2. The minimum absolute atomic E-state index is 0.551. The topological polar surface area (TPSA) is 124 Å². The largest absolute Gasteiger partial charge is 0.490 e. The average Bonchev–Trinajstić information content (AvgIpc) is 3.61. The number of nitrogens with zero attached hydrogens (tertiary/aromatic N) is 7. The molecule has 2 N–H and O–H groups in total. The van der Waals surface area contributed by atoms with Crippen molar-refractivity contribution >= 4 is 17.3 Å². The van der Waals surface area contributed by atoms with E-state index in [1.165, 1.54) is 12.8 Å². The zero-order valence-electron chi connectivity index (χ0n) is 20.2. The smallest absolute Gasteiger partial charge is 0.475 e. The molecule has 2 atom stereocenters. The number of pyridine rings is 2. The summed E-state index contributed by atoms with van der Waals surface area (Å²) in [7, 11) is 1.90. The lowest BCUT2D eigenvalue weighted by molar-refractivity contribution is -0.192. The SMILES string of the molecule is Cn1cc(-c2cc(-c3ccc(N4CC5CCC(C4)N5)nc3)c3c(C#N)cnn3c2)cn1.O=C(O)C(F)(F)F. The molecular weight excluding hydrogens is 501 g/mol. The maximum atomic E-state index is 10.6. The second-order valence-electron chi connectivity index (χ2n) is 9.26. The highest BCUT2D eigenvalue weighted by Gasteiger charge is 2.38. The fourth-order valence-corrected chi connectivity index (χ4v) is 4.87. The van der Waals surface area contributed by atoms with Crippen molar-refractivity contribution in [1.82, 2.24) is 29.7 Å². The fraction of sp³-hybridized carbons (Fsp3) is 0.320. The number of nitrogens with one attached hydrogen (secondary N) is 1. The Kier molecular flexibility index (Phi) is 6.50. The molecule has 2 fully saturated rings. The van der Waals surface area contributed by atoms with E-state index in [4.69, 9.17) is 14.9 Å². The molecule has 2 bridgehead atoms. The van der Waals surface area contributed by atoms with Crippen molar-refractivity contribution in [3.8, 4) is 28.3 Å². The molecule has 2 aliphatic rings. The highest BCUT2D eigenvalue weighted by molar-refractivity contribution is 5.87. The van der Waals surface area contributed by atoms with E-state index in [1.807, 2.05) is 31.8 Å². The van der Waals surface area contributed by atoms with Gasteiger partial charge in [0.25, 0.3) is 0 Å². The van der Waals surface area contributed by atoms with Crippen molar-refractivity contribution in [1.29, 1.82) is 5.26 Å². The third-order valence-electron chi connectivity index (χ3n) is 6.61. The molecule has 6 rings (SSSR count). The van der Waals surface area contributed by atoms with Crippen LogP contribution in [0.1, 0.15) is 18.4 Å². The van der Waals surface area contributed by atoms with Crippen LogP contribution in [0.5, 0.6) is 0 Å². The summed E-state index contributed by atoms with van der Waals surface area (Å²) in [5.41, 5.74) is 5.25. The number of nitriles is 1. The number of carboxylic acids is 1. The number of halogens is 3.